The summed E-state index contributed by atoms with van der Waals surface area (Å²) in [6, 6.07) is 16.7. The second-order valence-electron chi connectivity index (χ2n) is 4.84. The smallest absolute Gasteiger partial charge is 0.0702 e. The Morgan fingerprint density at radius 2 is 2.00 bits per heavy atom. The molecule has 3 rings (SSSR count). The number of fused-ring (bicyclic) bond motifs is 1. The van der Waals surface area contributed by atoms with Gasteiger partial charge in [0.15, 0.2) is 0 Å². The molecule has 3 aromatic rings. The summed E-state index contributed by atoms with van der Waals surface area (Å²) in [5, 5.41) is 4.66. The van der Waals surface area contributed by atoms with Gasteiger partial charge in [-0.25, -0.2) is 0 Å². The van der Waals surface area contributed by atoms with Gasteiger partial charge in [-0.15, -0.1) is 0 Å². The van der Waals surface area contributed by atoms with E-state index in [0.29, 0.717) is 0 Å². The Morgan fingerprint density at radius 1 is 1.10 bits per heavy atom. The van der Waals surface area contributed by atoms with E-state index in [0.717, 1.165) is 16.5 Å². The van der Waals surface area contributed by atoms with Crippen molar-refractivity contribution < 1.29 is 0 Å². The summed E-state index contributed by atoms with van der Waals surface area (Å²) in [6.07, 6.45) is 1.82. The Bertz CT molecular complexity index is 753. The summed E-state index contributed by atoms with van der Waals surface area (Å²) >= 11 is 3.48. The maximum Gasteiger partial charge on any atom is 0.0702 e. The van der Waals surface area contributed by atoms with Crippen molar-refractivity contribution in [2.24, 2.45) is 0 Å². The van der Waals surface area contributed by atoms with Crippen LogP contribution in [0.2, 0.25) is 0 Å². The fourth-order valence-electron chi connectivity index (χ4n) is 2.26. The van der Waals surface area contributed by atoms with E-state index in [9.17, 15) is 0 Å². The van der Waals surface area contributed by atoms with Crippen molar-refractivity contribution in [2.45, 2.75) is 13.5 Å². The third-order valence-corrected chi connectivity index (χ3v) is 3.83. The van der Waals surface area contributed by atoms with E-state index in [2.05, 4.69) is 75.6 Å². The van der Waals surface area contributed by atoms with Gasteiger partial charge in [0.05, 0.1) is 5.52 Å². The quantitative estimate of drug-likeness (QED) is 0.739. The van der Waals surface area contributed by atoms with Crippen LogP contribution in [0.1, 0.15) is 11.1 Å². The van der Waals surface area contributed by atoms with Crippen LogP contribution in [0, 0.1) is 6.92 Å². The molecule has 0 bridgehead atoms. The highest BCUT2D eigenvalue weighted by molar-refractivity contribution is 9.10. The molecule has 3 heteroatoms. The number of hydrogen-bond acceptors (Lipinski definition) is 2. The Kier molecular flexibility index (Phi) is 3.70. The lowest BCUT2D eigenvalue weighted by atomic mass is 10.1. The first kappa shape index (κ1) is 13.1. The molecule has 20 heavy (non-hydrogen) atoms. The normalized spacial score (nSPS) is 10.7. The lowest BCUT2D eigenvalue weighted by Gasteiger charge is -2.10. The van der Waals surface area contributed by atoms with Crippen LogP contribution in [0.3, 0.4) is 0 Å². The third-order valence-electron chi connectivity index (χ3n) is 3.34. The molecule has 0 amide bonds. The molecular formula is C17H15BrN2. The number of aryl methyl sites for hydroxylation is 1. The SMILES string of the molecule is Cc1cc(Br)ccc1NCc1ccc2ncccc2c1. The fourth-order valence-corrected chi connectivity index (χ4v) is 2.73. The molecule has 0 saturated carbocycles. The maximum absolute atomic E-state index is 4.34. The summed E-state index contributed by atoms with van der Waals surface area (Å²) in [5.41, 5.74) is 4.70. The number of nitrogens with one attached hydrogen (secondary N) is 1. The van der Waals surface area contributed by atoms with Crippen LogP contribution in [0.25, 0.3) is 10.9 Å². The molecule has 1 aromatic heterocycles. The Balaban J connectivity index is 1.79. The number of anilines is 1. The first-order valence-electron chi connectivity index (χ1n) is 6.56. The summed E-state index contributed by atoms with van der Waals surface area (Å²) < 4.78 is 1.11. The van der Waals surface area contributed by atoms with Crippen LogP contribution in [0.4, 0.5) is 5.69 Å². The zero-order valence-electron chi connectivity index (χ0n) is 11.2. The van der Waals surface area contributed by atoms with Gasteiger partial charge in [0.2, 0.25) is 0 Å². The predicted molar refractivity (Wildman–Crippen MR) is 87.9 cm³/mol. The maximum atomic E-state index is 4.34. The minimum absolute atomic E-state index is 0.813. The standard InChI is InChI=1S/C17H15BrN2/c1-12-9-15(18)5-7-16(12)20-11-13-4-6-17-14(10-13)3-2-8-19-17/h2-10,20H,11H2,1H3. The number of rotatable bonds is 3. The van der Waals surface area contributed by atoms with E-state index in [-0.39, 0.29) is 0 Å². The molecule has 0 saturated heterocycles. The van der Waals surface area contributed by atoms with E-state index < -0.39 is 0 Å². The van der Waals surface area contributed by atoms with Crippen molar-refractivity contribution in [1.82, 2.24) is 4.98 Å². The van der Waals surface area contributed by atoms with Crippen molar-refractivity contribution in [2.75, 3.05) is 5.32 Å². The average Bonchev–Trinajstić information content (AvgIpc) is 2.46. The minimum atomic E-state index is 0.813. The van der Waals surface area contributed by atoms with Crippen LogP contribution < -0.4 is 5.32 Å². The van der Waals surface area contributed by atoms with Crippen molar-refractivity contribution in [3.8, 4) is 0 Å². The molecule has 2 aromatic carbocycles. The van der Waals surface area contributed by atoms with Crippen LogP contribution in [0.5, 0.6) is 0 Å². The van der Waals surface area contributed by atoms with E-state index in [1.54, 1.807) is 0 Å². The van der Waals surface area contributed by atoms with Gasteiger partial charge in [0, 0.05) is 28.3 Å². The highest BCUT2D eigenvalue weighted by atomic mass is 79.9. The van der Waals surface area contributed by atoms with E-state index >= 15 is 0 Å². The Morgan fingerprint density at radius 3 is 2.85 bits per heavy atom. The van der Waals surface area contributed by atoms with Gasteiger partial charge in [-0.2, -0.15) is 0 Å². The molecule has 0 spiro atoms. The average molecular weight is 327 g/mol. The largest absolute Gasteiger partial charge is 0.381 e. The summed E-state index contributed by atoms with van der Waals surface area (Å²) in [7, 11) is 0. The highest BCUT2D eigenvalue weighted by Gasteiger charge is 2.00. The molecule has 1 heterocycles. The van der Waals surface area contributed by atoms with Crippen LogP contribution >= 0.6 is 15.9 Å². The van der Waals surface area contributed by atoms with Crippen molar-refractivity contribution >= 4 is 32.5 Å². The molecular weight excluding hydrogens is 312 g/mol. The van der Waals surface area contributed by atoms with Gasteiger partial charge in [-0.05, 0) is 54.4 Å². The summed E-state index contributed by atoms with van der Waals surface area (Å²) in [4.78, 5) is 4.34. The van der Waals surface area contributed by atoms with E-state index in [1.807, 2.05) is 12.3 Å². The molecule has 0 aliphatic rings. The van der Waals surface area contributed by atoms with Gasteiger partial charge < -0.3 is 5.32 Å². The molecule has 1 N–H and O–H groups in total. The number of hydrogen-bond donors (Lipinski definition) is 1. The molecule has 0 atom stereocenters. The third kappa shape index (κ3) is 2.83. The van der Waals surface area contributed by atoms with Crippen LogP contribution in [0.15, 0.2) is 59.2 Å². The van der Waals surface area contributed by atoms with Gasteiger partial charge in [-0.3, -0.25) is 4.98 Å². The number of pyridine rings is 1. The van der Waals surface area contributed by atoms with Gasteiger partial charge in [0.1, 0.15) is 0 Å². The van der Waals surface area contributed by atoms with Crippen molar-refractivity contribution in [3.63, 3.8) is 0 Å². The Labute approximate surface area is 127 Å². The second-order valence-corrected chi connectivity index (χ2v) is 5.76. The lowest BCUT2D eigenvalue weighted by Crippen LogP contribution is -2.01. The van der Waals surface area contributed by atoms with Gasteiger partial charge in [0.25, 0.3) is 0 Å². The highest BCUT2D eigenvalue weighted by Crippen LogP contribution is 2.21. The molecule has 0 aliphatic heterocycles. The Hall–Kier alpha value is -1.87. The summed E-state index contributed by atoms with van der Waals surface area (Å²) in [5.74, 6) is 0. The number of benzene rings is 2. The van der Waals surface area contributed by atoms with E-state index in [4.69, 9.17) is 0 Å². The molecule has 0 unspecified atom stereocenters. The molecule has 0 fully saturated rings. The molecule has 0 aliphatic carbocycles. The summed E-state index contributed by atoms with van der Waals surface area (Å²) in [6.45, 7) is 2.92. The molecule has 100 valence electrons. The number of nitrogens with zero attached hydrogens (tertiary/aromatic N) is 1. The van der Waals surface area contributed by atoms with Crippen LogP contribution in [-0.2, 0) is 6.54 Å². The molecule has 2 nitrogen and oxygen atoms in total. The number of aromatic nitrogens is 1. The minimum Gasteiger partial charge on any atom is -0.381 e. The zero-order valence-corrected chi connectivity index (χ0v) is 12.8. The van der Waals surface area contributed by atoms with Crippen molar-refractivity contribution in [1.29, 1.82) is 0 Å². The predicted octanol–water partition coefficient (Wildman–Crippen LogP) is 4.92. The first-order chi connectivity index (χ1) is 9.72. The first-order valence-corrected chi connectivity index (χ1v) is 7.35. The topological polar surface area (TPSA) is 24.9 Å². The monoisotopic (exact) mass is 326 g/mol. The molecule has 0 radical (unpaired) electrons. The second kappa shape index (κ2) is 5.63. The lowest BCUT2D eigenvalue weighted by molar-refractivity contribution is 1.14. The van der Waals surface area contributed by atoms with Gasteiger partial charge in [-0.1, -0.05) is 28.1 Å². The van der Waals surface area contributed by atoms with Crippen LogP contribution in [-0.4, -0.2) is 4.98 Å². The number of halogens is 1. The van der Waals surface area contributed by atoms with Gasteiger partial charge >= 0.3 is 0 Å². The fraction of sp³-hybridized carbons (Fsp3) is 0.118. The van der Waals surface area contributed by atoms with Crippen molar-refractivity contribution in [3.05, 3.63) is 70.3 Å². The zero-order chi connectivity index (χ0) is 13.9. The van der Waals surface area contributed by atoms with E-state index in [1.165, 1.54) is 22.2 Å².